The van der Waals surface area contributed by atoms with Crippen molar-refractivity contribution in [3.63, 3.8) is 0 Å². The van der Waals surface area contributed by atoms with Crippen molar-refractivity contribution in [2.24, 2.45) is 5.92 Å². The first-order valence-electron chi connectivity index (χ1n) is 6.74. The van der Waals surface area contributed by atoms with E-state index < -0.39 is 0 Å². The SMILES string of the molecule is c1ccc2c(c1)CCC2NCCC1CCC1. The highest BCUT2D eigenvalue weighted by Crippen LogP contribution is 2.32. The van der Waals surface area contributed by atoms with Gasteiger partial charge in [0.2, 0.25) is 0 Å². The maximum atomic E-state index is 3.74. The Morgan fingerprint density at radius 1 is 1.12 bits per heavy atom. The van der Waals surface area contributed by atoms with Crippen molar-refractivity contribution >= 4 is 0 Å². The van der Waals surface area contributed by atoms with Gasteiger partial charge in [-0.25, -0.2) is 0 Å². The first kappa shape index (κ1) is 10.3. The molecule has 3 rings (SSSR count). The number of aryl methyl sites for hydroxylation is 1. The average Bonchev–Trinajstić information content (AvgIpc) is 2.65. The lowest BCUT2D eigenvalue weighted by Crippen LogP contribution is -2.24. The van der Waals surface area contributed by atoms with Gasteiger partial charge >= 0.3 is 0 Å². The Balaban J connectivity index is 1.52. The lowest BCUT2D eigenvalue weighted by Gasteiger charge is -2.26. The van der Waals surface area contributed by atoms with Crippen LogP contribution in [0.15, 0.2) is 24.3 Å². The number of fused-ring (bicyclic) bond motifs is 1. The van der Waals surface area contributed by atoms with Gasteiger partial charge in [-0.3, -0.25) is 0 Å². The Bertz CT molecular complexity index is 354. The molecule has 2 aliphatic rings. The summed E-state index contributed by atoms with van der Waals surface area (Å²) in [6.07, 6.45) is 8.36. The third-order valence-corrected chi connectivity index (χ3v) is 4.30. The van der Waals surface area contributed by atoms with Crippen LogP contribution in [0.25, 0.3) is 0 Å². The second-order valence-electron chi connectivity index (χ2n) is 5.33. The van der Waals surface area contributed by atoms with E-state index in [9.17, 15) is 0 Å². The molecule has 0 amide bonds. The topological polar surface area (TPSA) is 12.0 Å². The van der Waals surface area contributed by atoms with E-state index in [1.807, 2.05) is 0 Å². The third-order valence-electron chi connectivity index (χ3n) is 4.30. The zero-order chi connectivity index (χ0) is 10.8. The van der Waals surface area contributed by atoms with Crippen LogP contribution in [0.2, 0.25) is 0 Å². The summed E-state index contributed by atoms with van der Waals surface area (Å²) in [4.78, 5) is 0. The predicted molar refractivity (Wildman–Crippen MR) is 67.5 cm³/mol. The van der Waals surface area contributed by atoms with Gasteiger partial charge in [-0.1, -0.05) is 43.5 Å². The molecule has 1 aromatic rings. The van der Waals surface area contributed by atoms with Crippen molar-refractivity contribution in [2.45, 2.75) is 44.6 Å². The Morgan fingerprint density at radius 3 is 2.81 bits per heavy atom. The minimum absolute atomic E-state index is 0.635. The minimum Gasteiger partial charge on any atom is -0.310 e. The second-order valence-corrected chi connectivity index (χ2v) is 5.33. The standard InChI is InChI=1S/C15H21N/c1-2-7-14-13(6-1)8-9-15(14)16-11-10-12-4-3-5-12/h1-2,6-7,12,15-16H,3-5,8-11H2. The van der Waals surface area contributed by atoms with Crippen LogP contribution in [0.4, 0.5) is 0 Å². The van der Waals surface area contributed by atoms with E-state index in [1.165, 1.54) is 45.1 Å². The van der Waals surface area contributed by atoms with Crippen molar-refractivity contribution in [3.05, 3.63) is 35.4 Å². The van der Waals surface area contributed by atoms with Crippen molar-refractivity contribution in [1.29, 1.82) is 0 Å². The van der Waals surface area contributed by atoms with E-state index in [2.05, 4.69) is 29.6 Å². The third kappa shape index (κ3) is 2.01. The van der Waals surface area contributed by atoms with Gasteiger partial charge in [0.1, 0.15) is 0 Å². The lowest BCUT2D eigenvalue weighted by atomic mass is 9.83. The molecule has 1 atom stereocenters. The van der Waals surface area contributed by atoms with Gasteiger partial charge in [0, 0.05) is 6.04 Å². The van der Waals surface area contributed by atoms with Crippen molar-refractivity contribution in [1.82, 2.24) is 5.32 Å². The molecule has 0 bridgehead atoms. The fourth-order valence-corrected chi connectivity index (χ4v) is 3.01. The summed E-state index contributed by atoms with van der Waals surface area (Å²) in [5, 5.41) is 3.74. The normalized spacial score (nSPS) is 24.1. The summed E-state index contributed by atoms with van der Waals surface area (Å²) in [7, 11) is 0. The molecule has 16 heavy (non-hydrogen) atoms. The van der Waals surface area contributed by atoms with E-state index in [1.54, 1.807) is 11.1 Å². The molecule has 0 saturated heterocycles. The lowest BCUT2D eigenvalue weighted by molar-refractivity contribution is 0.287. The molecule has 1 fully saturated rings. The van der Waals surface area contributed by atoms with Crippen LogP contribution in [0.3, 0.4) is 0 Å². The molecule has 1 nitrogen and oxygen atoms in total. The van der Waals surface area contributed by atoms with Crippen LogP contribution in [-0.4, -0.2) is 6.54 Å². The number of rotatable bonds is 4. The van der Waals surface area contributed by atoms with Gasteiger partial charge in [0.25, 0.3) is 0 Å². The highest BCUT2D eigenvalue weighted by molar-refractivity contribution is 5.34. The predicted octanol–water partition coefficient (Wildman–Crippen LogP) is 3.45. The molecule has 0 heterocycles. The smallest absolute Gasteiger partial charge is 0.0326 e. The summed E-state index contributed by atoms with van der Waals surface area (Å²) in [5.74, 6) is 1.03. The molecule has 1 heteroatoms. The van der Waals surface area contributed by atoms with E-state index in [0.29, 0.717) is 6.04 Å². The van der Waals surface area contributed by atoms with Crippen LogP contribution >= 0.6 is 0 Å². The van der Waals surface area contributed by atoms with E-state index in [4.69, 9.17) is 0 Å². The number of hydrogen-bond donors (Lipinski definition) is 1. The molecular weight excluding hydrogens is 194 g/mol. The molecule has 0 aliphatic heterocycles. The molecule has 0 spiro atoms. The summed E-state index contributed by atoms with van der Waals surface area (Å²) >= 11 is 0. The van der Waals surface area contributed by atoms with E-state index >= 15 is 0 Å². The van der Waals surface area contributed by atoms with Gasteiger partial charge < -0.3 is 5.32 Å². The van der Waals surface area contributed by atoms with Crippen LogP contribution in [-0.2, 0) is 6.42 Å². The van der Waals surface area contributed by atoms with Crippen LogP contribution < -0.4 is 5.32 Å². The van der Waals surface area contributed by atoms with Crippen molar-refractivity contribution in [2.75, 3.05) is 6.54 Å². The first-order valence-corrected chi connectivity index (χ1v) is 6.74. The Morgan fingerprint density at radius 2 is 2.00 bits per heavy atom. The van der Waals surface area contributed by atoms with E-state index in [0.717, 1.165) is 5.92 Å². The van der Waals surface area contributed by atoms with Gasteiger partial charge in [-0.2, -0.15) is 0 Å². The quantitative estimate of drug-likeness (QED) is 0.811. The summed E-state index contributed by atoms with van der Waals surface area (Å²) in [6.45, 7) is 1.21. The highest BCUT2D eigenvalue weighted by Gasteiger charge is 2.22. The van der Waals surface area contributed by atoms with Crippen molar-refractivity contribution < 1.29 is 0 Å². The molecule has 0 aromatic heterocycles. The molecule has 1 aromatic carbocycles. The fourth-order valence-electron chi connectivity index (χ4n) is 3.01. The Labute approximate surface area is 98.3 Å². The zero-order valence-electron chi connectivity index (χ0n) is 9.91. The summed E-state index contributed by atoms with van der Waals surface area (Å²) in [5.41, 5.74) is 3.11. The van der Waals surface area contributed by atoms with Crippen LogP contribution in [0.5, 0.6) is 0 Å². The molecular formula is C15H21N. The number of nitrogens with one attached hydrogen (secondary N) is 1. The van der Waals surface area contributed by atoms with Gasteiger partial charge in [-0.15, -0.1) is 0 Å². The Hall–Kier alpha value is -0.820. The van der Waals surface area contributed by atoms with Crippen molar-refractivity contribution in [3.8, 4) is 0 Å². The van der Waals surface area contributed by atoms with Crippen LogP contribution in [0, 0.1) is 5.92 Å². The minimum atomic E-state index is 0.635. The van der Waals surface area contributed by atoms with E-state index in [-0.39, 0.29) is 0 Å². The monoisotopic (exact) mass is 215 g/mol. The second kappa shape index (κ2) is 4.58. The molecule has 2 aliphatic carbocycles. The molecule has 1 saturated carbocycles. The first-order chi connectivity index (χ1) is 7.93. The molecule has 1 N–H and O–H groups in total. The fraction of sp³-hybridized carbons (Fsp3) is 0.600. The number of benzene rings is 1. The van der Waals surface area contributed by atoms with Gasteiger partial charge in [-0.05, 0) is 42.9 Å². The molecule has 86 valence electrons. The highest BCUT2D eigenvalue weighted by atomic mass is 14.9. The maximum Gasteiger partial charge on any atom is 0.0326 e. The van der Waals surface area contributed by atoms with Crippen LogP contribution in [0.1, 0.15) is 49.3 Å². The summed E-state index contributed by atoms with van der Waals surface area (Å²) in [6, 6.07) is 9.54. The molecule has 1 unspecified atom stereocenters. The zero-order valence-corrected chi connectivity index (χ0v) is 9.91. The summed E-state index contributed by atoms with van der Waals surface area (Å²) < 4.78 is 0. The largest absolute Gasteiger partial charge is 0.310 e. The Kier molecular flexibility index (Phi) is 2.96. The van der Waals surface area contributed by atoms with Gasteiger partial charge in [0.05, 0.1) is 0 Å². The molecule has 0 radical (unpaired) electrons. The average molecular weight is 215 g/mol. The number of hydrogen-bond acceptors (Lipinski definition) is 1. The maximum absolute atomic E-state index is 3.74. The van der Waals surface area contributed by atoms with Gasteiger partial charge in [0.15, 0.2) is 0 Å².